The van der Waals surface area contributed by atoms with Crippen molar-refractivity contribution in [3.8, 4) is 0 Å². The highest BCUT2D eigenvalue weighted by molar-refractivity contribution is 7.81. The topological polar surface area (TPSA) is 54.4 Å². The van der Waals surface area contributed by atoms with E-state index in [-0.39, 0.29) is 24.0 Å². The van der Waals surface area contributed by atoms with Crippen LogP contribution in [0.2, 0.25) is 0 Å². The standard InChI is InChI=1S/C13H23N3O3S/c1-5-6-19-13(17)16-8-10(20)7-12(16)11(14-18-4)9-15(2)3/h5,10,12,20H,1,6-9H2,2-4H3/b14-11+/t10-,12-/m0/s1. The Kier molecular flexibility index (Phi) is 6.87. The minimum Gasteiger partial charge on any atom is -0.445 e. The first-order chi connectivity index (χ1) is 9.49. The van der Waals surface area contributed by atoms with Crippen molar-refractivity contribution in [2.45, 2.75) is 17.7 Å². The summed E-state index contributed by atoms with van der Waals surface area (Å²) < 4.78 is 5.11. The van der Waals surface area contributed by atoms with Crippen molar-refractivity contribution in [3.05, 3.63) is 12.7 Å². The van der Waals surface area contributed by atoms with Crippen LogP contribution in [-0.4, -0.2) is 73.8 Å². The van der Waals surface area contributed by atoms with Gasteiger partial charge in [0.05, 0.1) is 11.8 Å². The molecule has 1 aliphatic heterocycles. The predicted molar refractivity (Wildman–Crippen MR) is 82.4 cm³/mol. The van der Waals surface area contributed by atoms with Crippen LogP contribution in [0.4, 0.5) is 4.79 Å². The van der Waals surface area contributed by atoms with E-state index in [0.717, 1.165) is 12.1 Å². The van der Waals surface area contributed by atoms with Gasteiger partial charge < -0.3 is 14.5 Å². The highest BCUT2D eigenvalue weighted by atomic mass is 32.1. The molecule has 1 saturated heterocycles. The van der Waals surface area contributed by atoms with Crippen molar-refractivity contribution >= 4 is 24.4 Å². The van der Waals surface area contributed by atoms with Crippen LogP contribution in [0.1, 0.15) is 6.42 Å². The smallest absolute Gasteiger partial charge is 0.410 e. The number of likely N-dealkylation sites (tertiary alicyclic amines) is 1. The Morgan fingerprint density at radius 2 is 2.30 bits per heavy atom. The monoisotopic (exact) mass is 301 g/mol. The Labute approximate surface area is 125 Å². The number of thiol groups is 1. The molecule has 1 heterocycles. The van der Waals surface area contributed by atoms with E-state index in [9.17, 15) is 4.79 Å². The van der Waals surface area contributed by atoms with Crippen molar-refractivity contribution in [2.24, 2.45) is 5.16 Å². The van der Waals surface area contributed by atoms with Crippen molar-refractivity contribution in [3.63, 3.8) is 0 Å². The van der Waals surface area contributed by atoms with Gasteiger partial charge in [0.15, 0.2) is 0 Å². The second kappa shape index (κ2) is 8.16. The van der Waals surface area contributed by atoms with E-state index in [0.29, 0.717) is 13.1 Å². The van der Waals surface area contributed by atoms with Gasteiger partial charge in [-0.3, -0.25) is 4.90 Å². The molecular weight excluding hydrogens is 278 g/mol. The van der Waals surface area contributed by atoms with Gasteiger partial charge in [0.2, 0.25) is 0 Å². The fourth-order valence-electron chi connectivity index (χ4n) is 2.18. The number of nitrogens with zero attached hydrogens (tertiary/aromatic N) is 3. The summed E-state index contributed by atoms with van der Waals surface area (Å²) in [6, 6.07) is -0.142. The van der Waals surface area contributed by atoms with E-state index < -0.39 is 0 Å². The van der Waals surface area contributed by atoms with Crippen molar-refractivity contribution < 1.29 is 14.4 Å². The van der Waals surface area contributed by atoms with Gasteiger partial charge in [0.1, 0.15) is 13.7 Å². The molecule has 0 aromatic heterocycles. The molecule has 6 nitrogen and oxygen atoms in total. The van der Waals surface area contributed by atoms with Crippen LogP contribution in [-0.2, 0) is 9.57 Å². The molecular formula is C13H23N3O3S. The average molecular weight is 301 g/mol. The Morgan fingerprint density at radius 1 is 1.60 bits per heavy atom. The van der Waals surface area contributed by atoms with Crippen LogP contribution in [0.3, 0.4) is 0 Å². The SMILES string of the molecule is C=CCOC(=O)N1C[C@@H](S)C[C@H]1/C(CN(C)C)=N/OC. The van der Waals surface area contributed by atoms with Crippen LogP contribution < -0.4 is 0 Å². The van der Waals surface area contributed by atoms with Crippen LogP contribution in [0.15, 0.2) is 17.8 Å². The van der Waals surface area contributed by atoms with Crippen molar-refractivity contribution in [2.75, 3.05) is 40.9 Å². The molecule has 0 radical (unpaired) electrons. The third-order valence-electron chi connectivity index (χ3n) is 2.91. The summed E-state index contributed by atoms with van der Waals surface area (Å²) in [5, 5.41) is 4.18. The minimum atomic E-state index is -0.367. The van der Waals surface area contributed by atoms with E-state index in [1.807, 2.05) is 19.0 Å². The van der Waals surface area contributed by atoms with E-state index in [1.54, 1.807) is 11.0 Å². The van der Waals surface area contributed by atoms with E-state index >= 15 is 0 Å². The molecule has 7 heteroatoms. The number of ether oxygens (including phenoxy) is 1. The molecule has 0 aromatic carbocycles. The van der Waals surface area contributed by atoms with Gasteiger partial charge in [-0.15, -0.1) is 0 Å². The molecule has 0 N–H and O–H groups in total. The van der Waals surface area contributed by atoms with E-state index in [4.69, 9.17) is 9.57 Å². The minimum absolute atomic E-state index is 0.112. The van der Waals surface area contributed by atoms with E-state index in [2.05, 4.69) is 24.4 Å². The zero-order valence-electron chi connectivity index (χ0n) is 12.3. The molecule has 0 bridgehead atoms. The third kappa shape index (κ3) is 4.72. The van der Waals surface area contributed by atoms with Crippen molar-refractivity contribution in [1.82, 2.24) is 9.80 Å². The van der Waals surface area contributed by atoms with Crippen LogP contribution in [0, 0.1) is 0 Å². The third-order valence-corrected chi connectivity index (χ3v) is 3.28. The van der Waals surface area contributed by atoms with Gasteiger partial charge >= 0.3 is 6.09 Å². The Bertz CT molecular complexity index is 374. The molecule has 0 unspecified atom stereocenters. The first-order valence-corrected chi connectivity index (χ1v) is 6.98. The number of oxime groups is 1. The Balaban J connectivity index is 2.84. The predicted octanol–water partition coefficient (Wildman–Crippen LogP) is 1.25. The number of rotatable bonds is 6. The number of carbonyl (C=O) groups is 1. The molecule has 0 aliphatic carbocycles. The van der Waals surface area contributed by atoms with Gasteiger partial charge in [0.25, 0.3) is 0 Å². The molecule has 0 saturated carbocycles. The molecule has 0 aromatic rings. The fourth-order valence-corrected chi connectivity index (χ4v) is 2.56. The number of hydrogen-bond donors (Lipinski definition) is 1. The molecule has 0 spiro atoms. The van der Waals surface area contributed by atoms with Crippen LogP contribution >= 0.6 is 12.6 Å². The summed E-state index contributed by atoms with van der Waals surface area (Å²) in [6.07, 6.45) is 1.92. The molecule has 1 aliphatic rings. The fraction of sp³-hybridized carbons (Fsp3) is 0.692. The first kappa shape index (κ1) is 16.8. The number of carbonyl (C=O) groups excluding carboxylic acids is 1. The molecule has 114 valence electrons. The largest absolute Gasteiger partial charge is 0.445 e. The number of amides is 1. The van der Waals surface area contributed by atoms with Crippen molar-refractivity contribution in [1.29, 1.82) is 0 Å². The molecule has 1 fully saturated rings. The Hall–Kier alpha value is -1.21. The molecule has 1 rings (SSSR count). The quantitative estimate of drug-likeness (QED) is 0.347. The lowest BCUT2D eigenvalue weighted by Crippen LogP contribution is -2.44. The van der Waals surface area contributed by atoms with Gasteiger partial charge in [-0.25, -0.2) is 4.79 Å². The first-order valence-electron chi connectivity index (χ1n) is 6.46. The average Bonchev–Trinajstić information content (AvgIpc) is 2.77. The molecule has 1 amide bonds. The molecule has 2 atom stereocenters. The van der Waals surface area contributed by atoms with Crippen LogP contribution in [0.5, 0.6) is 0 Å². The second-order valence-corrected chi connectivity index (χ2v) is 5.66. The Morgan fingerprint density at radius 3 is 2.85 bits per heavy atom. The maximum Gasteiger partial charge on any atom is 0.410 e. The lowest BCUT2D eigenvalue weighted by atomic mass is 10.1. The maximum atomic E-state index is 12.1. The second-order valence-electron chi connectivity index (χ2n) is 4.93. The van der Waals surface area contributed by atoms with Gasteiger partial charge in [-0.05, 0) is 20.5 Å². The van der Waals surface area contributed by atoms with Gasteiger partial charge in [-0.2, -0.15) is 12.6 Å². The van der Waals surface area contributed by atoms with Gasteiger partial charge in [-0.1, -0.05) is 17.8 Å². The summed E-state index contributed by atoms with van der Waals surface area (Å²) in [4.78, 5) is 20.6. The van der Waals surface area contributed by atoms with Gasteiger partial charge in [0, 0.05) is 18.3 Å². The zero-order chi connectivity index (χ0) is 15.1. The lowest BCUT2D eigenvalue weighted by Gasteiger charge is -2.25. The summed E-state index contributed by atoms with van der Waals surface area (Å²) in [5.41, 5.74) is 0.796. The highest BCUT2D eigenvalue weighted by Crippen LogP contribution is 2.24. The van der Waals surface area contributed by atoms with Crippen LogP contribution in [0.25, 0.3) is 0 Å². The summed E-state index contributed by atoms with van der Waals surface area (Å²) in [6.45, 7) is 4.89. The summed E-state index contributed by atoms with van der Waals surface area (Å²) in [5.74, 6) is 0. The lowest BCUT2D eigenvalue weighted by molar-refractivity contribution is 0.114. The zero-order valence-corrected chi connectivity index (χ0v) is 13.2. The molecule has 20 heavy (non-hydrogen) atoms. The van der Waals surface area contributed by atoms with E-state index in [1.165, 1.54) is 7.11 Å². The number of hydrogen-bond acceptors (Lipinski definition) is 6. The highest BCUT2D eigenvalue weighted by Gasteiger charge is 2.38. The summed E-state index contributed by atoms with van der Waals surface area (Å²) in [7, 11) is 5.39. The maximum absolute atomic E-state index is 12.1. The summed E-state index contributed by atoms with van der Waals surface area (Å²) >= 11 is 4.47. The normalized spacial score (nSPS) is 23.1.